The molecule has 0 saturated heterocycles. The monoisotopic (exact) mass is 528 g/mol. The van der Waals surface area contributed by atoms with E-state index in [2.05, 4.69) is 20.9 Å². The minimum Gasteiger partial charge on any atom is -0.480 e. The zero-order chi connectivity index (χ0) is 26.1. The Morgan fingerprint density at radius 1 is 1.03 bits per heavy atom. The van der Waals surface area contributed by atoms with Crippen LogP contribution in [0.4, 0.5) is 11.5 Å². The first-order valence-corrected chi connectivity index (χ1v) is 12.0. The average molecular weight is 529 g/mol. The summed E-state index contributed by atoms with van der Waals surface area (Å²) in [6.45, 7) is 2.60. The van der Waals surface area contributed by atoms with Gasteiger partial charge in [0.25, 0.3) is 5.91 Å². The quantitative estimate of drug-likeness (QED) is 0.261. The molecular weight excluding hydrogens is 503 g/mol. The first-order valence-electron chi connectivity index (χ1n) is 11.3. The Morgan fingerprint density at radius 3 is 2.36 bits per heavy atom. The van der Waals surface area contributed by atoms with Gasteiger partial charge in [-0.25, -0.2) is 9.78 Å². The van der Waals surface area contributed by atoms with Crippen molar-refractivity contribution in [1.82, 2.24) is 10.3 Å². The van der Waals surface area contributed by atoms with Crippen LogP contribution in [0.25, 0.3) is 0 Å². The summed E-state index contributed by atoms with van der Waals surface area (Å²) in [5.74, 6) is -1.22. The molecule has 1 atom stereocenters. The molecule has 0 aliphatic carbocycles. The minimum atomic E-state index is -1.20. The number of hydrogen-bond acceptors (Lipinski definition) is 5. The number of pyridine rings is 1. The van der Waals surface area contributed by atoms with E-state index >= 15 is 0 Å². The van der Waals surface area contributed by atoms with Gasteiger partial charge in [-0.2, -0.15) is 0 Å². The van der Waals surface area contributed by atoms with E-state index in [1.54, 1.807) is 36.5 Å². The molecule has 10 heteroatoms. The highest BCUT2D eigenvalue weighted by molar-refractivity contribution is 6.39. The highest BCUT2D eigenvalue weighted by Gasteiger charge is 2.23. The Morgan fingerprint density at radius 2 is 1.72 bits per heavy atom. The van der Waals surface area contributed by atoms with Crippen molar-refractivity contribution in [2.24, 2.45) is 0 Å². The van der Waals surface area contributed by atoms with Gasteiger partial charge in [-0.3, -0.25) is 9.59 Å². The maximum absolute atomic E-state index is 12.6. The minimum absolute atomic E-state index is 0.0236. The van der Waals surface area contributed by atoms with Crippen molar-refractivity contribution in [2.45, 2.75) is 32.2 Å². The van der Waals surface area contributed by atoms with Gasteiger partial charge < -0.3 is 21.1 Å². The second kappa shape index (κ2) is 12.9. The number of hydrogen-bond donors (Lipinski definition) is 4. The molecule has 0 unspecified atom stereocenters. The molecule has 1 aromatic heterocycles. The number of aromatic nitrogens is 1. The third-order valence-corrected chi connectivity index (χ3v) is 5.90. The molecule has 0 aliphatic rings. The number of carboxylic acid groups (broad SMARTS) is 1. The first kappa shape index (κ1) is 27.0. The summed E-state index contributed by atoms with van der Waals surface area (Å²) in [5.41, 5.74) is 2.39. The lowest BCUT2D eigenvalue weighted by atomic mass is 10.0. The lowest BCUT2D eigenvalue weighted by molar-refractivity contribution is -0.139. The normalized spacial score (nSPS) is 11.4. The van der Waals surface area contributed by atoms with Gasteiger partial charge in [0, 0.05) is 31.3 Å². The van der Waals surface area contributed by atoms with Gasteiger partial charge >= 0.3 is 5.97 Å². The van der Waals surface area contributed by atoms with Crippen molar-refractivity contribution in [1.29, 1.82) is 0 Å². The van der Waals surface area contributed by atoms with Crippen LogP contribution in [0, 0.1) is 6.92 Å². The van der Waals surface area contributed by atoms with Crippen LogP contribution in [0.15, 0.2) is 60.8 Å². The Kier molecular flexibility index (Phi) is 9.67. The van der Waals surface area contributed by atoms with E-state index in [-0.39, 0.29) is 27.9 Å². The molecule has 0 bridgehead atoms. The molecule has 36 heavy (non-hydrogen) atoms. The summed E-state index contributed by atoms with van der Waals surface area (Å²) in [4.78, 5) is 40.8. The van der Waals surface area contributed by atoms with E-state index in [4.69, 9.17) is 23.2 Å². The van der Waals surface area contributed by atoms with Crippen molar-refractivity contribution in [2.75, 3.05) is 17.2 Å². The molecular formula is C26H26Cl2N4O4. The number of halogens is 2. The summed E-state index contributed by atoms with van der Waals surface area (Å²) in [6, 6.07) is 14.0. The summed E-state index contributed by atoms with van der Waals surface area (Å²) in [5, 5.41) is 18.3. The summed E-state index contributed by atoms with van der Waals surface area (Å²) < 4.78 is 0. The molecule has 0 radical (unpaired) electrons. The maximum Gasteiger partial charge on any atom is 0.326 e. The molecule has 188 valence electrons. The summed E-state index contributed by atoms with van der Waals surface area (Å²) in [6.07, 6.45) is 2.73. The number of nitrogens with zero attached hydrogens (tertiary/aromatic N) is 1. The van der Waals surface area contributed by atoms with E-state index in [0.717, 1.165) is 11.4 Å². The number of nitrogens with one attached hydrogen (secondary N) is 3. The number of anilines is 2. The SMILES string of the molecule is Cc1ccnc(NCCCC(=O)Nc2ccc(C[C@H](NC(=O)c3c(Cl)cccc3Cl)C(=O)O)cc2)c1. The smallest absolute Gasteiger partial charge is 0.326 e. The highest BCUT2D eigenvalue weighted by Crippen LogP contribution is 2.24. The lowest BCUT2D eigenvalue weighted by Gasteiger charge is -2.16. The van der Waals surface area contributed by atoms with Gasteiger partial charge in [0.1, 0.15) is 11.9 Å². The van der Waals surface area contributed by atoms with Crippen molar-refractivity contribution >= 4 is 52.5 Å². The number of aliphatic carboxylic acids is 1. The van der Waals surface area contributed by atoms with Crippen LogP contribution < -0.4 is 16.0 Å². The molecule has 3 rings (SSSR count). The number of carboxylic acids is 1. The number of aryl methyl sites for hydroxylation is 1. The van der Waals surface area contributed by atoms with E-state index in [1.807, 2.05) is 19.1 Å². The molecule has 2 amide bonds. The van der Waals surface area contributed by atoms with Crippen LogP contribution in [0.5, 0.6) is 0 Å². The van der Waals surface area contributed by atoms with Gasteiger partial charge in [-0.05, 0) is 60.9 Å². The van der Waals surface area contributed by atoms with E-state index in [1.165, 1.54) is 12.1 Å². The Balaban J connectivity index is 1.49. The predicted octanol–water partition coefficient (Wildman–Crippen LogP) is 4.95. The fourth-order valence-electron chi connectivity index (χ4n) is 3.43. The second-order valence-corrected chi connectivity index (χ2v) is 8.97. The molecule has 1 heterocycles. The molecule has 0 saturated carbocycles. The van der Waals surface area contributed by atoms with Crippen LogP contribution in [0.2, 0.25) is 10.0 Å². The fraction of sp³-hybridized carbons (Fsp3) is 0.231. The van der Waals surface area contributed by atoms with Gasteiger partial charge in [0.2, 0.25) is 5.91 Å². The van der Waals surface area contributed by atoms with Crippen LogP contribution >= 0.6 is 23.2 Å². The number of benzene rings is 2. The van der Waals surface area contributed by atoms with Gasteiger partial charge in [-0.15, -0.1) is 0 Å². The molecule has 0 spiro atoms. The van der Waals surface area contributed by atoms with Crippen molar-refractivity contribution in [3.63, 3.8) is 0 Å². The van der Waals surface area contributed by atoms with Gasteiger partial charge in [0.15, 0.2) is 0 Å². The molecule has 3 aromatic rings. The van der Waals surface area contributed by atoms with Crippen molar-refractivity contribution in [3.8, 4) is 0 Å². The topological polar surface area (TPSA) is 120 Å². The standard InChI is InChI=1S/C26H26Cl2N4O4/c1-16-11-13-30-22(14-16)29-12-3-6-23(33)31-18-9-7-17(8-10-18)15-21(26(35)36)32-25(34)24-19(27)4-2-5-20(24)28/h2,4-5,7-11,13-14,21H,3,6,12,15H2,1H3,(H,29,30)(H,31,33)(H,32,34)(H,35,36)/t21-/m0/s1. The first-order chi connectivity index (χ1) is 17.2. The zero-order valence-corrected chi connectivity index (χ0v) is 21.1. The summed E-state index contributed by atoms with van der Waals surface area (Å²) in [7, 11) is 0. The van der Waals surface area contributed by atoms with Crippen LogP contribution in [0.1, 0.15) is 34.3 Å². The molecule has 2 aromatic carbocycles. The Bertz CT molecular complexity index is 1210. The highest BCUT2D eigenvalue weighted by atomic mass is 35.5. The van der Waals surface area contributed by atoms with Crippen molar-refractivity contribution in [3.05, 3.63) is 87.5 Å². The largest absolute Gasteiger partial charge is 0.480 e. The molecule has 4 N–H and O–H groups in total. The third kappa shape index (κ3) is 7.96. The maximum atomic E-state index is 12.6. The van der Waals surface area contributed by atoms with E-state index in [9.17, 15) is 19.5 Å². The van der Waals surface area contributed by atoms with Gasteiger partial charge in [-0.1, -0.05) is 41.4 Å². The number of rotatable bonds is 11. The summed E-state index contributed by atoms with van der Waals surface area (Å²) >= 11 is 12.1. The van der Waals surface area contributed by atoms with E-state index in [0.29, 0.717) is 30.6 Å². The molecule has 8 nitrogen and oxygen atoms in total. The Labute approximate surface area is 219 Å². The lowest BCUT2D eigenvalue weighted by Crippen LogP contribution is -2.42. The fourth-order valence-corrected chi connectivity index (χ4v) is 4.00. The van der Waals surface area contributed by atoms with Gasteiger partial charge in [0.05, 0.1) is 15.6 Å². The molecule has 0 fully saturated rings. The Hall–Kier alpha value is -3.62. The second-order valence-electron chi connectivity index (χ2n) is 8.16. The number of amides is 2. The van der Waals surface area contributed by atoms with Crippen LogP contribution in [-0.4, -0.2) is 40.5 Å². The third-order valence-electron chi connectivity index (χ3n) is 5.27. The number of carbonyl (C=O) groups excluding carboxylic acids is 2. The van der Waals surface area contributed by atoms with Crippen LogP contribution in [-0.2, 0) is 16.0 Å². The predicted molar refractivity (Wildman–Crippen MR) is 141 cm³/mol. The van der Waals surface area contributed by atoms with Crippen LogP contribution in [0.3, 0.4) is 0 Å². The number of carbonyl (C=O) groups is 3. The zero-order valence-electron chi connectivity index (χ0n) is 19.6. The average Bonchev–Trinajstić information content (AvgIpc) is 2.82. The molecule has 0 aliphatic heterocycles. The van der Waals surface area contributed by atoms with E-state index < -0.39 is 17.9 Å². The van der Waals surface area contributed by atoms with Crippen molar-refractivity contribution < 1.29 is 19.5 Å².